The Hall–Kier alpha value is -2.76. The summed E-state index contributed by atoms with van der Waals surface area (Å²) in [4.78, 5) is 16.2. The van der Waals surface area contributed by atoms with Gasteiger partial charge in [-0.25, -0.2) is 0 Å². The minimum atomic E-state index is -0.465. The molecule has 0 radical (unpaired) electrons. The van der Waals surface area contributed by atoms with Crippen molar-refractivity contribution in [2.45, 2.75) is 19.5 Å². The van der Waals surface area contributed by atoms with Crippen molar-refractivity contribution < 1.29 is 13.6 Å². The predicted octanol–water partition coefficient (Wildman–Crippen LogP) is 2.54. The fourth-order valence-electron chi connectivity index (χ4n) is 1.93. The SMILES string of the molecule is CC(Nc1nc2ccccc2o1)C(=O)NCc1ccco1. The molecule has 1 aromatic carbocycles. The van der Waals surface area contributed by atoms with Crippen molar-refractivity contribution in [1.82, 2.24) is 10.3 Å². The number of nitrogens with one attached hydrogen (secondary N) is 2. The lowest BCUT2D eigenvalue weighted by Crippen LogP contribution is -2.37. The van der Waals surface area contributed by atoms with Crippen molar-refractivity contribution in [2.75, 3.05) is 5.32 Å². The van der Waals surface area contributed by atoms with Crippen molar-refractivity contribution in [3.05, 3.63) is 48.4 Å². The number of amides is 1. The number of hydrogen-bond donors (Lipinski definition) is 2. The van der Waals surface area contributed by atoms with Gasteiger partial charge in [0.2, 0.25) is 5.91 Å². The lowest BCUT2D eigenvalue weighted by molar-refractivity contribution is -0.121. The number of furan rings is 1. The molecule has 0 aliphatic carbocycles. The first-order chi connectivity index (χ1) is 10.2. The van der Waals surface area contributed by atoms with Gasteiger partial charge in [-0.1, -0.05) is 12.1 Å². The van der Waals surface area contributed by atoms with Crippen LogP contribution in [-0.2, 0) is 11.3 Å². The number of para-hydroxylation sites is 2. The fourth-order valence-corrected chi connectivity index (χ4v) is 1.93. The summed E-state index contributed by atoms with van der Waals surface area (Å²) in [5, 5.41) is 5.71. The third-order valence-corrected chi connectivity index (χ3v) is 3.04. The lowest BCUT2D eigenvalue weighted by atomic mass is 10.3. The number of hydrogen-bond acceptors (Lipinski definition) is 5. The maximum Gasteiger partial charge on any atom is 0.296 e. The molecule has 21 heavy (non-hydrogen) atoms. The van der Waals surface area contributed by atoms with Gasteiger partial charge in [-0.2, -0.15) is 4.98 Å². The zero-order valence-electron chi connectivity index (χ0n) is 11.5. The molecule has 0 saturated carbocycles. The van der Waals surface area contributed by atoms with Crippen LogP contribution in [0, 0.1) is 0 Å². The highest BCUT2D eigenvalue weighted by molar-refractivity contribution is 5.84. The molecule has 3 rings (SSSR count). The molecule has 0 aliphatic heterocycles. The van der Waals surface area contributed by atoms with Gasteiger partial charge in [-0.3, -0.25) is 4.79 Å². The largest absolute Gasteiger partial charge is 0.467 e. The maximum atomic E-state index is 12.0. The zero-order chi connectivity index (χ0) is 14.7. The Morgan fingerprint density at radius 3 is 2.90 bits per heavy atom. The Morgan fingerprint density at radius 2 is 2.14 bits per heavy atom. The summed E-state index contributed by atoms with van der Waals surface area (Å²) in [7, 11) is 0. The van der Waals surface area contributed by atoms with Crippen molar-refractivity contribution in [3.8, 4) is 0 Å². The van der Waals surface area contributed by atoms with Crippen LogP contribution in [0.25, 0.3) is 11.1 Å². The van der Waals surface area contributed by atoms with E-state index < -0.39 is 6.04 Å². The van der Waals surface area contributed by atoms with E-state index in [0.29, 0.717) is 23.9 Å². The van der Waals surface area contributed by atoms with Crippen LogP contribution in [0.1, 0.15) is 12.7 Å². The van der Waals surface area contributed by atoms with E-state index in [1.807, 2.05) is 24.3 Å². The van der Waals surface area contributed by atoms with Crippen LogP contribution >= 0.6 is 0 Å². The number of anilines is 1. The molecule has 0 bridgehead atoms. The summed E-state index contributed by atoms with van der Waals surface area (Å²) < 4.78 is 10.7. The zero-order valence-corrected chi connectivity index (χ0v) is 11.5. The van der Waals surface area contributed by atoms with E-state index in [9.17, 15) is 4.79 Å². The number of fused-ring (bicyclic) bond motifs is 1. The van der Waals surface area contributed by atoms with Crippen LogP contribution in [-0.4, -0.2) is 16.9 Å². The van der Waals surface area contributed by atoms with E-state index >= 15 is 0 Å². The monoisotopic (exact) mass is 285 g/mol. The maximum absolute atomic E-state index is 12.0. The summed E-state index contributed by atoms with van der Waals surface area (Å²) in [5.74, 6) is 0.547. The lowest BCUT2D eigenvalue weighted by Gasteiger charge is -2.11. The van der Waals surface area contributed by atoms with E-state index in [0.717, 1.165) is 5.52 Å². The molecule has 0 spiro atoms. The molecule has 0 saturated heterocycles. The predicted molar refractivity (Wildman–Crippen MR) is 77.6 cm³/mol. The molecule has 1 unspecified atom stereocenters. The van der Waals surface area contributed by atoms with E-state index in [2.05, 4.69) is 15.6 Å². The van der Waals surface area contributed by atoms with Crippen molar-refractivity contribution in [3.63, 3.8) is 0 Å². The first-order valence-electron chi connectivity index (χ1n) is 6.64. The third-order valence-electron chi connectivity index (χ3n) is 3.04. The molecule has 1 amide bonds. The van der Waals surface area contributed by atoms with Gasteiger partial charge in [-0.15, -0.1) is 0 Å². The Morgan fingerprint density at radius 1 is 1.29 bits per heavy atom. The van der Waals surface area contributed by atoms with Crippen LogP contribution in [0.2, 0.25) is 0 Å². The Labute approximate surface area is 121 Å². The molecule has 3 aromatic rings. The van der Waals surface area contributed by atoms with Gasteiger partial charge in [0.15, 0.2) is 5.58 Å². The summed E-state index contributed by atoms with van der Waals surface area (Å²) in [5.41, 5.74) is 1.44. The van der Waals surface area contributed by atoms with Gasteiger partial charge >= 0.3 is 0 Å². The Kier molecular flexibility index (Phi) is 3.59. The highest BCUT2D eigenvalue weighted by Gasteiger charge is 2.15. The van der Waals surface area contributed by atoms with E-state index in [1.54, 1.807) is 25.3 Å². The minimum Gasteiger partial charge on any atom is -0.467 e. The molecular weight excluding hydrogens is 270 g/mol. The molecule has 0 fully saturated rings. The first-order valence-corrected chi connectivity index (χ1v) is 6.64. The molecule has 0 aliphatic rings. The number of aromatic nitrogens is 1. The minimum absolute atomic E-state index is 0.159. The van der Waals surface area contributed by atoms with E-state index in [1.165, 1.54) is 0 Å². The highest BCUT2D eigenvalue weighted by Crippen LogP contribution is 2.18. The molecule has 2 aromatic heterocycles. The van der Waals surface area contributed by atoms with Crippen LogP contribution in [0.3, 0.4) is 0 Å². The van der Waals surface area contributed by atoms with Gasteiger partial charge in [0, 0.05) is 0 Å². The summed E-state index contributed by atoms with van der Waals surface area (Å²) in [6.45, 7) is 2.09. The molecular formula is C15H15N3O3. The second-order valence-corrected chi connectivity index (χ2v) is 4.65. The molecule has 6 heteroatoms. The number of oxazole rings is 1. The van der Waals surface area contributed by atoms with Gasteiger partial charge in [-0.05, 0) is 31.2 Å². The average Bonchev–Trinajstić information content (AvgIpc) is 3.13. The van der Waals surface area contributed by atoms with Crippen LogP contribution in [0.15, 0.2) is 51.5 Å². The quantitative estimate of drug-likeness (QED) is 0.753. The number of carbonyl (C=O) groups is 1. The number of nitrogens with zero attached hydrogens (tertiary/aromatic N) is 1. The molecule has 6 nitrogen and oxygen atoms in total. The normalized spacial score (nSPS) is 12.2. The van der Waals surface area contributed by atoms with Gasteiger partial charge in [0.05, 0.1) is 12.8 Å². The number of carbonyl (C=O) groups excluding carboxylic acids is 1. The van der Waals surface area contributed by atoms with Crippen molar-refractivity contribution >= 4 is 23.0 Å². The second-order valence-electron chi connectivity index (χ2n) is 4.65. The smallest absolute Gasteiger partial charge is 0.296 e. The van der Waals surface area contributed by atoms with Crippen LogP contribution < -0.4 is 10.6 Å². The van der Waals surface area contributed by atoms with Gasteiger partial charge < -0.3 is 19.5 Å². The second kappa shape index (κ2) is 5.70. The molecule has 2 heterocycles. The molecule has 2 N–H and O–H groups in total. The Bertz CT molecular complexity index is 701. The Balaban J connectivity index is 1.59. The number of benzene rings is 1. The van der Waals surface area contributed by atoms with Gasteiger partial charge in [0.25, 0.3) is 6.01 Å². The van der Waals surface area contributed by atoms with Crippen molar-refractivity contribution in [2.24, 2.45) is 0 Å². The van der Waals surface area contributed by atoms with Crippen LogP contribution in [0.4, 0.5) is 6.01 Å². The van der Waals surface area contributed by atoms with E-state index in [-0.39, 0.29) is 5.91 Å². The number of rotatable bonds is 5. The summed E-state index contributed by atoms with van der Waals surface area (Å²) in [6, 6.07) is 10.9. The van der Waals surface area contributed by atoms with Gasteiger partial charge in [0.1, 0.15) is 17.3 Å². The van der Waals surface area contributed by atoms with Crippen LogP contribution in [0.5, 0.6) is 0 Å². The average molecular weight is 285 g/mol. The third kappa shape index (κ3) is 3.05. The van der Waals surface area contributed by atoms with Crippen molar-refractivity contribution in [1.29, 1.82) is 0 Å². The topological polar surface area (TPSA) is 80.3 Å². The standard InChI is InChI=1S/C15H15N3O3/c1-10(14(19)16-9-11-5-4-8-20-11)17-15-18-12-6-2-3-7-13(12)21-15/h2-8,10H,9H2,1H3,(H,16,19)(H,17,18). The highest BCUT2D eigenvalue weighted by atomic mass is 16.4. The summed E-state index contributed by atoms with van der Waals surface area (Å²) in [6.07, 6.45) is 1.57. The fraction of sp³-hybridized carbons (Fsp3) is 0.200. The summed E-state index contributed by atoms with van der Waals surface area (Å²) >= 11 is 0. The first kappa shape index (κ1) is 13.2. The molecule has 1 atom stereocenters. The van der Waals surface area contributed by atoms with E-state index in [4.69, 9.17) is 8.83 Å². The molecule has 108 valence electrons.